The van der Waals surface area contributed by atoms with E-state index in [1.807, 2.05) is 67.6 Å². The molecular weight excluding hydrogens is 432 g/mol. The Balaban J connectivity index is 1.41. The predicted molar refractivity (Wildman–Crippen MR) is 135 cm³/mol. The van der Waals surface area contributed by atoms with E-state index >= 15 is 0 Å². The van der Waals surface area contributed by atoms with Crippen LogP contribution in [0.5, 0.6) is 11.5 Å². The minimum atomic E-state index is -0.194. The van der Waals surface area contributed by atoms with Crippen molar-refractivity contribution in [2.24, 2.45) is 0 Å². The Morgan fingerprint density at radius 2 is 1.76 bits per heavy atom. The summed E-state index contributed by atoms with van der Waals surface area (Å²) < 4.78 is 14.5. The van der Waals surface area contributed by atoms with E-state index in [9.17, 15) is 0 Å². The summed E-state index contributed by atoms with van der Waals surface area (Å²) in [4.78, 5) is 4.88. The van der Waals surface area contributed by atoms with Gasteiger partial charge < -0.3 is 14.0 Å². The lowest BCUT2D eigenvalue weighted by atomic mass is 10.1. The van der Waals surface area contributed by atoms with E-state index in [2.05, 4.69) is 29.3 Å². The summed E-state index contributed by atoms with van der Waals surface area (Å²) in [6.07, 6.45) is 4.44. The average molecular weight is 461 g/mol. The monoisotopic (exact) mass is 460 g/mol. The third kappa shape index (κ3) is 5.77. The zero-order valence-corrected chi connectivity index (χ0v) is 19.7. The molecule has 170 valence electrons. The lowest BCUT2D eigenvalue weighted by molar-refractivity contribution is 0.211. The van der Waals surface area contributed by atoms with E-state index in [-0.39, 0.29) is 6.10 Å². The van der Waals surface area contributed by atoms with Crippen molar-refractivity contribution >= 4 is 22.6 Å². The predicted octanol–water partition coefficient (Wildman–Crippen LogP) is 7.42. The first kappa shape index (κ1) is 22.9. The molecule has 0 aliphatic carbocycles. The molecule has 1 unspecified atom stereocenters. The Labute approximate surface area is 200 Å². The smallest absolute Gasteiger partial charge is 0.153 e. The van der Waals surface area contributed by atoms with Crippen LogP contribution in [-0.4, -0.2) is 16.2 Å². The average Bonchev–Trinajstić information content (AvgIpc) is 3.20. The summed E-state index contributed by atoms with van der Waals surface area (Å²) in [6.45, 7) is 7.39. The molecule has 0 N–H and O–H groups in total. The van der Waals surface area contributed by atoms with Gasteiger partial charge in [0.1, 0.15) is 11.5 Å². The first-order chi connectivity index (χ1) is 16.2. The van der Waals surface area contributed by atoms with Gasteiger partial charge in [-0.25, -0.2) is 4.98 Å². The van der Waals surface area contributed by atoms with Crippen molar-refractivity contribution in [3.8, 4) is 11.5 Å². The van der Waals surface area contributed by atoms with Crippen LogP contribution in [0.2, 0.25) is 5.02 Å². The molecule has 0 aliphatic rings. The van der Waals surface area contributed by atoms with Crippen molar-refractivity contribution in [1.82, 2.24) is 9.55 Å². The van der Waals surface area contributed by atoms with Crippen LogP contribution >= 0.6 is 11.6 Å². The largest absolute Gasteiger partial charge is 0.493 e. The highest BCUT2D eigenvalue weighted by Crippen LogP contribution is 2.27. The molecule has 0 saturated heterocycles. The molecule has 4 rings (SSSR count). The fourth-order valence-corrected chi connectivity index (χ4v) is 4.06. The summed E-state index contributed by atoms with van der Waals surface area (Å²) in [5, 5.41) is 0.691. The van der Waals surface area contributed by atoms with Crippen molar-refractivity contribution in [2.75, 3.05) is 6.61 Å². The Hall–Kier alpha value is -3.24. The molecule has 0 aliphatic heterocycles. The van der Waals surface area contributed by atoms with Gasteiger partial charge in [-0.2, -0.15) is 0 Å². The van der Waals surface area contributed by atoms with Gasteiger partial charge in [0.25, 0.3) is 0 Å². The van der Waals surface area contributed by atoms with Gasteiger partial charge in [-0.3, -0.25) is 0 Å². The summed E-state index contributed by atoms with van der Waals surface area (Å²) in [5.41, 5.74) is 3.27. The Morgan fingerprint density at radius 3 is 2.58 bits per heavy atom. The van der Waals surface area contributed by atoms with E-state index in [1.165, 1.54) is 5.56 Å². The van der Waals surface area contributed by atoms with Gasteiger partial charge in [-0.05, 0) is 74.2 Å². The zero-order valence-electron chi connectivity index (χ0n) is 18.9. The van der Waals surface area contributed by atoms with Crippen LogP contribution in [0.25, 0.3) is 11.0 Å². The number of halogens is 1. The highest BCUT2D eigenvalue weighted by molar-refractivity contribution is 6.30. The van der Waals surface area contributed by atoms with Crippen LogP contribution in [0.1, 0.15) is 37.3 Å². The number of allylic oxidation sites excluding steroid dienone is 1. The molecule has 0 bridgehead atoms. The van der Waals surface area contributed by atoms with E-state index < -0.39 is 0 Å². The highest BCUT2D eigenvalue weighted by Gasteiger charge is 2.18. The van der Waals surface area contributed by atoms with Gasteiger partial charge >= 0.3 is 0 Å². The number of rotatable bonds is 11. The van der Waals surface area contributed by atoms with Crippen LogP contribution in [0, 0.1) is 0 Å². The fraction of sp³-hybridized carbons (Fsp3) is 0.250. The van der Waals surface area contributed by atoms with Crippen molar-refractivity contribution in [3.05, 3.63) is 102 Å². The molecule has 0 fully saturated rings. The van der Waals surface area contributed by atoms with Crippen molar-refractivity contribution in [1.29, 1.82) is 0 Å². The molecule has 1 atom stereocenters. The van der Waals surface area contributed by atoms with E-state index in [0.717, 1.165) is 54.2 Å². The summed E-state index contributed by atoms with van der Waals surface area (Å²) in [5.74, 6) is 2.64. The second-order valence-electron chi connectivity index (χ2n) is 7.98. The molecule has 1 aromatic heterocycles. The molecule has 5 heteroatoms. The topological polar surface area (TPSA) is 36.3 Å². The molecule has 33 heavy (non-hydrogen) atoms. The molecule has 3 aromatic carbocycles. The molecule has 0 saturated carbocycles. The van der Waals surface area contributed by atoms with Gasteiger partial charge in [-0.15, -0.1) is 6.58 Å². The van der Waals surface area contributed by atoms with Crippen LogP contribution in [0.3, 0.4) is 0 Å². The van der Waals surface area contributed by atoms with Gasteiger partial charge in [0.2, 0.25) is 0 Å². The number of nitrogens with zero attached hydrogens (tertiary/aromatic N) is 2. The quantitative estimate of drug-likeness (QED) is 0.172. The number of para-hydroxylation sites is 3. The third-order valence-corrected chi connectivity index (χ3v) is 5.80. The van der Waals surface area contributed by atoms with Crippen LogP contribution in [0.15, 0.2) is 85.5 Å². The van der Waals surface area contributed by atoms with Crippen molar-refractivity contribution < 1.29 is 9.47 Å². The van der Waals surface area contributed by atoms with Gasteiger partial charge in [0.15, 0.2) is 11.9 Å². The lowest BCUT2D eigenvalue weighted by Gasteiger charge is -2.17. The summed E-state index contributed by atoms with van der Waals surface area (Å²) in [6, 6.07) is 23.8. The minimum Gasteiger partial charge on any atom is -0.493 e. The molecule has 4 aromatic rings. The van der Waals surface area contributed by atoms with Crippen molar-refractivity contribution in [3.63, 3.8) is 0 Å². The third-order valence-electron chi connectivity index (χ3n) is 5.54. The van der Waals surface area contributed by atoms with E-state index in [0.29, 0.717) is 11.6 Å². The van der Waals surface area contributed by atoms with Crippen LogP contribution < -0.4 is 9.47 Å². The maximum Gasteiger partial charge on any atom is 0.153 e. The number of imidazole rings is 1. The van der Waals surface area contributed by atoms with Gasteiger partial charge in [0.05, 0.1) is 17.6 Å². The van der Waals surface area contributed by atoms with E-state index in [1.54, 1.807) is 0 Å². The highest BCUT2D eigenvalue weighted by atomic mass is 35.5. The number of unbranched alkanes of at least 4 members (excludes halogenated alkanes) is 1. The SMILES string of the molecule is C=CCc1ccccc1OCCCCn1c(C(C)Oc2ccc(Cl)cc2)nc2ccccc21. The van der Waals surface area contributed by atoms with Gasteiger partial charge in [0, 0.05) is 11.6 Å². The second-order valence-corrected chi connectivity index (χ2v) is 8.42. The second kappa shape index (κ2) is 11.1. The molecule has 0 radical (unpaired) electrons. The summed E-state index contributed by atoms with van der Waals surface area (Å²) in [7, 11) is 0. The number of aromatic nitrogens is 2. The fourth-order valence-electron chi connectivity index (χ4n) is 3.93. The maximum absolute atomic E-state index is 6.17. The molecule has 0 amide bonds. The number of benzene rings is 3. The van der Waals surface area contributed by atoms with Crippen molar-refractivity contribution in [2.45, 2.75) is 38.8 Å². The normalized spacial score (nSPS) is 11.9. The molecule has 4 nitrogen and oxygen atoms in total. The van der Waals surface area contributed by atoms with Crippen LogP contribution in [-0.2, 0) is 13.0 Å². The maximum atomic E-state index is 6.17. The molecular formula is C28H29ClN2O2. The van der Waals surface area contributed by atoms with Gasteiger partial charge in [-0.1, -0.05) is 48.0 Å². The molecule has 0 spiro atoms. The van der Waals surface area contributed by atoms with E-state index in [4.69, 9.17) is 26.1 Å². The summed E-state index contributed by atoms with van der Waals surface area (Å²) >= 11 is 6.00. The first-order valence-corrected chi connectivity index (χ1v) is 11.7. The zero-order chi connectivity index (χ0) is 23.0. The lowest BCUT2D eigenvalue weighted by Crippen LogP contribution is -2.13. The number of hydrogen-bond donors (Lipinski definition) is 0. The Morgan fingerprint density at radius 1 is 1.00 bits per heavy atom. The Kier molecular flexibility index (Phi) is 7.69. The number of ether oxygens (including phenoxy) is 2. The first-order valence-electron chi connectivity index (χ1n) is 11.3. The number of aryl methyl sites for hydroxylation is 1. The molecule has 1 heterocycles. The Bertz CT molecular complexity index is 1200. The number of fused-ring (bicyclic) bond motifs is 1. The standard InChI is InChI=1S/C28H29ClN2O2/c1-3-10-22-11-4-7-14-27(22)32-20-9-8-19-31-26-13-6-5-12-25(26)30-28(31)21(2)33-24-17-15-23(29)16-18-24/h3-7,11-18,21H,1,8-10,19-20H2,2H3. The minimum absolute atomic E-state index is 0.194. The number of hydrogen-bond acceptors (Lipinski definition) is 3. The van der Waals surface area contributed by atoms with Crippen LogP contribution in [0.4, 0.5) is 0 Å².